The first-order valence-electron chi connectivity index (χ1n) is 6.27. The predicted octanol–water partition coefficient (Wildman–Crippen LogP) is 2.93. The van der Waals surface area contributed by atoms with Crippen LogP contribution in [0.2, 0.25) is 0 Å². The van der Waals surface area contributed by atoms with Crippen molar-refractivity contribution >= 4 is 0 Å². The Bertz CT molecular complexity index is 624. The smallest absolute Gasteiger partial charge is 0.382 e. The molecule has 2 rings (SSSR count). The number of aromatic nitrogens is 3. The molecule has 8 heteroatoms. The highest BCUT2D eigenvalue weighted by molar-refractivity contribution is 5.32. The lowest BCUT2D eigenvalue weighted by molar-refractivity contribution is -0.140. The van der Waals surface area contributed by atoms with E-state index in [4.69, 9.17) is 0 Å². The maximum Gasteiger partial charge on any atom is 0.419 e. The number of rotatable bonds is 4. The van der Waals surface area contributed by atoms with Crippen molar-refractivity contribution in [3.05, 3.63) is 47.0 Å². The first-order chi connectivity index (χ1) is 9.84. The second kappa shape index (κ2) is 5.80. The number of alkyl halides is 3. The summed E-state index contributed by atoms with van der Waals surface area (Å²) in [7, 11) is 0. The van der Waals surface area contributed by atoms with E-state index >= 15 is 0 Å². The van der Waals surface area contributed by atoms with Gasteiger partial charge in [0.1, 0.15) is 11.9 Å². The van der Waals surface area contributed by atoms with Crippen LogP contribution in [0.15, 0.2) is 24.4 Å². The van der Waals surface area contributed by atoms with Crippen LogP contribution in [0.5, 0.6) is 0 Å². The lowest BCUT2D eigenvalue weighted by Gasteiger charge is -2.15. The molecule has 1 N–H and O–H groups in total. The largest absolute Gasteiger partial charge is 0.419 e. The third-order valence-electron chi connectivity index (χ3n) is 2.97. The van der Waals surface area contributed by atoms with E-state index in [1.165, 1.54) is 10.9 Å². The van der Waals surface area contributed by atoms with Crippen molar-refractivity contribution in [3.8, 4) is 0 Å². The summed E-state index contributed by atoms with van der Waals surface area (Å²) in [6.07, 6.45) is -4.17. The topological polar surface area (TPSA) is 50.9 Å². The van der Waals surface area contributed by atoms with E-state index < -0.39 is 23.7 Å². The van der Waals surface area contributed by atoms with E-state index in [9.17, 15) is 22.7 Å². The molecule has 4 nitrogen and oxygen atoms in total. The van der Waals surface area contributed by atoms with Crippen molar-refractivity contribution in [2.24, 2.45) is 0 Å². The van der Waals surface area contributed by atoms with Crippen LogP contribution in [0.1, 0.15) is 36.3 Å². The maximum absolute atomic E-state index is 13.2. The van der Waals surface area contributed by atoms with Gasteiger partial charge in [0, 0.05) is 6.54 Å². The molecule has 0 bridgehead atoms. The lowest BCUT2D eigenvalue weighted by atomic mass is 10.0. The molecule has 1 unspecified atom stereocenters. The van der Waals surface area contributed by atoms with Gasteiger partial charge in [-0.2, -0.15) is 13.2 Å². The summed E-state index contributed by atoms with van der Waals surface area (Å²) in [5.41, 5.74) is -1.21. The minimum absolute atomic E-state index is 0.0663. The van der Waals surface area contributed by atoms with Crippen LogP contribution in [0.4, 0.5) is 17.6 Å². The highest BCUT2D eigenvalue weighted by atomic mass is 19.4. The first-order valence-corrected chi connectivity index (χ1v) is 6.27. The Balaban J connectivity index is 2.40. The summed E-state index contributed by atoms with van der Waals surface area (Å²) in [4.78, 5) is 0. The van der Waals surface area contributed by atoms with Gasteiger partial charge in [0.15, 0.2) is 0 Å². The molecule has 0 aliphatic heterocycles. The zero-order valence-corrected chi connectivity index (χ0v) is 11.1. The number of benzene rings is 1. The molecule has 0 amide bonds. The minimum Gasteiger partial charge on any atom is -0.382 e. The normalized spacial score (nSPS) is 13.4. The summed E-state index contributed by atoms with van der Waals surface area (Å²) in [5.74, 6) is -1.38. The lowest BCUT2D eigenvalue weighted by Crippen LogP contribution is -2.13. The van der Waals surface area contributed by atoms with Gasteiger partial charge in [-0.25, -0.2) is 9.07 Å². The number of aryl methyl sites for hydroxylation is 1. The van der Waals surface area contributed by atoms with Gasteiger partial charge in [0.2, 0.25) is 0 Å². The van der Waals surface area contributed by atoms with Crippen LogP contribution in [-0.2, 0) is 12.7 Å². The quantitative estimate of drug-likeness (QED) is 0.884. The van der Waals surface area contributed by atoms with Crippen molar-refractivity contribution in [2.75, 3.05) is 0 Å². The first kappa shape index (κ1) is 15.4. The Morgan fingerprint density at radius 2 is 2.05 bits per heavy atom. The fraction of sp³-hybridized carbons (Fsp3) is 0.385. The van der Waals surface area contributed by atoms with Gasteiger partial charge in [0.25, 0.3) is 0 Å². The molecule has 1 atom stereocenters. The van der Waals surface area contributed by atoms with Gasteiger partial charge in [-0.1, -0.05) is 18.2 Å². The molecule has 1 aromatic heterocycles. The van der Waals surface area contributed by atoms with Gasteiger partial charge in [-0.05, 0) is 24.1 Å². The predicted molar refractivity (Wildman–Crippen MR) is 65.8 cm³/mol. The number of hydrogen-bond donors (Lipinski definition) is 1. The number of halogens is 4. The molecule has 21 heavy (non-hydrogen) atoms. The Labute approximate surface area is 118 Å². The molecule has 2 aromatic rings. The van der Waals surface area contributed by atoms with E-state index in [1.54, 1.807) is 0 Å². The van der Waals surface area contributed by atoms with Crippen LogP contribution >= 0.6 is 0 Å². The van der Waals surface area contributed by atoms with Crippen molar-refractivity contribution in [2.45, 2.75) is 32.2 Å². The molecule has 0 radical (unpaired) electrons. The summed E-state index contributed by atoms with van der Waals surface area (Å²) < 4.78 is 52.7. The zero-order valence-electron chi connectivity index (χ0n) is 11.1. The molecule has 114 valence electrons. The number of aliphatic hydroxyl groups is 1. The third-order valence-corrected chi connectivity index (χ3v) is 2.97. The number of hydrogen-bond acceptors (Lipinski definition) is 3. The van der Waals surface area contributed by atoms with Crippen molar-refractivity contribution in [3.63, 3.8) is 0 Å². The van der Waals surface area contributed by atoms with Gasteiger partial charge in [-0.3, -0.25) is 0 Å². The highest BCUT2D eigenvalue weighted by Gasteiger charge is 2.35. The zero-order chi connectivity index (χ0) is 15.6. The number of nitrogens with zero attached hydrogens (tertiary/aromatic N) is 3. The standard InChI is InChI=1S/C13H13F4N3O/c1-2-5-20-11(7-18-19-20)12(21)8-3-4-10(14)9(6-8)13(15,16)17/h3-4,6-7,12,21H,2,5H2,1H3. The molecule has 1 heterocycles. The van der Waals surface area contributed by atoms with Crippen LogP contribution in [0.3, 0.4) is 0 Å². The van der Waals surface area contributed by atoms with Crippen molar-refractivity contribution in [1.29, 1.82) is 0 Å². The molecule has 0 fully saturated rings. The fourth-order valence-electron chi connectivity index (χ4n) is 1.96. The highest BCUT2D eigenvalue weighted by Crippen LogP contribution is 2.34. The molecule has 0 aliphatic carbocycles. The van der Waals surface area contributed by atoms with Crippen LogP contribution in [-0.4, -0.2) is 20.1 Å². The second-order valence-electron chi connectivity index (χ2n) is 4.52. The molecule has 0 aliphatic rings. The summed E-state index contributed by atoms with van der Waals surface area (Å²) >= 11 is 0. The van der Waals surface area contributed by atoms with E-state index in [1.807, 2.05) is 6.92 Å². The SMILES string of the molecule is CCCn1nncc1C(O)c1ccc(F)c(C(F)(F)F)c1. The summed E-state index contributed by atoms with van der Waals surface area (Å²) in [5, 5.41) is 17.6. The fourth-order valence-corrected chi connectivity index (χ4v) is 1.96. The molecular formula is C13H13F4N3O. The molecule has 0 saturated heterocycles. The second-order valence-corrected chi connectivity index (χ2v) is 4.52. The summed E-state index contributed by atoms with van der Waals surface area (Å²) in [6, 6.07) is 2.40. The summed E-state index contributed by atoms with van der Waals surface area (Å²) in [6.45, 7) is 2.36. The maximum atomic E-state index is 13.2. The van der Waals surface area contributed by atoms with Gasteiger partial charge in [-0.15, -0.1) is 5.10 Å². The molecular weight excluding hydrogens is 290 g/mol. The van der Waals surface area contributed by atoms with Crippen LogP contribution in [0.25, 0.3) is 0 Å². The van der Waals surface area contributed by atoms with Crippen molar-refractivity contribution < 1.29 is 22.7 Å². The van der Waals surface area contributed by atoms with Gasteiger partial charge < -0.3 is 5.11 Å². The monoisotopic (exact) mass is 303 g/mol. The van der Waals surface area contributed by atoms with E-state index in [2.05, 4.69) is 10.3 Å². The van der Waals surface area contributed by atoms with E-state index in [0.717, 1.165) is 12.5 Å². The van der Waals surface area contributed by atoms with Crippen LogP contribution in [0, 0.1) is 5.82 Å². The number of aliphatic hydroxyl groups excluding tert-OH is 1. The Morgan fingerprint density at radius 3 is 2.67 bits per heavy atom. The van der Waals surface area contributed by atoms with E-state index in [0.29, 0.717) is 18.7 Å². The Kier molecular flexibility index (Phi) is 4.26. The molecule has 0 saturated carbocycles. The average Bonchev–Trinajstić information content (AvgIpc) is 2.86. The molecule has 0 spiro atoms. The Hall–Kier alpha value is -1.96. The Morgan fingerprint density at radius 1 is 1.33 bits per heavy atom. The van der Waals surface area contributed by atoms with Crippen molar-refractivity contribution in [1.82, 2.24) is 15.0 Å². The van der Waals surface area contributed by atoms with Gasteiger partial charge in [0.05, 0.1) is 17.5 Å². The van der Waals surface area contributed by atoms with E-state index in [-0.39, 0.29) is 11.3 Å². The minimum atomic E-state index is -4.82. The van der Waals surface area contributed by atoms with Crippen LogP contribution < -0.4 is 0 Å². The van der Waals surface area contributed by atoms with Gasteiger partial charge >= 0.3 is 6.18 Å². The third kappa shape index (κ3) is 3.21. The average molecular weight is 303 g/mol. The molecule has 1 aromatic carbocycles.